The van der Waals surface area contributed by atoms with Gasteiger partial charge in [-0.3, -0.25) is 4.84 Å². The predicted molar refractivity (Wildman–Crippen MR) is 88.8 cm³/mol. The number of para-hydroxylation sites is 2. The summed E-state index contributed by atoms with van der Waals surface area (Å²) in [5.41, 5.74) is 1.52. The molecule has 0 spiro atoms. The van der Waals surface area contributed by atoms with Crippen LogP contribution in [0.1, 0.15) is 30.9 Å². The van der Waals surface area contributed by atoms with Gasteiger partial charge in [-0.2, -0.15) is 0 Å². The van der Waals surface area contributed by atoms with E-state index in [4.69, 9.17) is 4.74 Å². The lowest BCUT2D eigenvalue weighted by atomic mass is 10.0. The number of nitrogens with zero attached hydrogens (tertiary/aromatic N) is 2. The number of carbonyl (C=O) groups excluding carboxylic acids is 1. The zero-order valence-corrected chi connectivity index (χ0v) is 13.5. The fourth-order valence-corrected chi connectivity index (χ4v) is 2.11. The fraction of sp³-hybridized carbons (Fsp3) is 0.278. The largest absolute Gasteiger partial charge is 0.542 e. The highest BCUT2D eigenvalue weighted by Gasteiger charge is 2.07. The van der Waals surface area contributed by atoms with E-state index in [1.165, 1.54) is 0 Å². The highest BCUT2D eigenvalue weighted by atomic mass is 16.8. The van der Waals surface area contributed by atoms with Crippen molar-refractivity contribution >= 4 is 6.16 Å². The number of benzene rings is 2. The van der Waals surface area contributed by atoms with Gasteiger partial charge in [-0.05, 0) is 30.5 Å². The van der Waals surface area contributed by atoms with E-state index < -0.39 is 6.16 Å². The van der Waals surface area contributed by atoms with Crippen LogP contribution >= 0.6 is 0 Å². The van der Waals surface area contributed by atoms with Gasteiger partial charge >= 0.3 is 6.16 Å². The summed E-state index contributed by atoms with van der Waals surface area (Å²) in [5.74, 6) is 0.579. The summed E-state index contributed by atoms with van der Waals surface area (Å²) in [6, 6.07) is 14.0. The first-order valence-corrected chi connectivity index (χ1v) is 7.81. The lowest BCUT2D eigenvalue weighted by molar-refractivity contribution is 0.0932. The highest BCUT2D eigenvalue weighted by molar-refractivity contribution is 5.63. The van der Waals surface area contributed by atoms with E-state index in [9.17, 15) is 9.90 Å². The molecule has 2 aromatic carbocycles. The fourth-order valence-electron chi connectivity index (χ4n) is 2.11. The molecule has 0 saturated carbocycles. The number of aryl methyl sites for hydroxylation is 1. The Hall–Kier alpha value is -2.89. The Balaban J connectivity index is 1.84. The van der Waals surface area contributed by atoms with E-state index in [0.717, 1.165) is 24.8 Å². The van der Waals surface area contributed by atoms with Gasteiger partial charge in [0.15, 0.2) is 0 Å². The van der Waals surface area contributed by atoms with Crippen molar-refractivity contribution in [2.24, 2.45) is 10.4 Å². The van der Waals surface area contributed by atoms with Gasteiger partial charge in [0, 0.05) is 10.8 Å². The van der Waals surface area contributed by atoms with Crippen molar-refractivity contribution in [3.8, 4) is 11.5 Å². The Morgan fingerprint density at radius 2 is 1.83 bits per heavy atom. The third-order valence-electron chi connectivity index (χ3n) is 3.36. The van der Waals surface area contributed by atoms with Crippen molar-refractivity contribution < 1.29 is 19.5 Å². The van der Waals surface area contributed by atoms with Crippen molar-refractivity contribution in [1.82, 2.24) is 0 Å². The van der Waals surface area contributed by atoms with Crippen LogP contribution in [-0.4, -0.2) is 11.3 Å². The van der Waals surface area contributed by atoms with E-state index in [0.29, 0.717) is 11.3 Å². The van der Waals surface area contributed by atoms with E-state index >= 15 is 0 Å². The lowest BCUT2D eigenvalue weighted by Gasteiger charge is -2.07. The summed E-state index contributed by atoms with van der Waals surface area (Å²) in [5, 5.41) is 17.3. The minimum Gasteiger partial charge on any atom is -0.507 e. The van der Waals surface area contributed by atoms with Gasteiger partial charge in [0.2, 0.25) is 0 Å². The molecule has 0 aliphatic heterocycles. The molecule has 24 heavy (non-hydrogen) atoms. The first-order valence-electron chi connectivity index (χ1n) is 7.81. The Morgan fingerprint density at radius 3 is 2.58 bits per heavy atom. The normalized spacial score (nSPS) is 10.7. The minimum atomic E-state index is -0.967. The zero-order chi connectivity index (χ0) is 17.2. The van der Waals surface area contributed by atoms with E-state index in [1.807, 2.05) is 12.1 Å². The smallest absolute Gasteiger partial charge is 0.507 e. The number of phenolic OH excluding ortho intramolecular Hbond substituents is 1. The van der Waals surface area contributed by atoms with Crippen LogP contribution in [-0.2, 0) is 17.8 Å². The quantitative estimate of drug-likeness (QED) is 0.342. The minimum absolute atomic E-state index is 0.115. The number of carbonyl (C=O) groups is 1. The molecule has 0 fully saturated rings. The molecular formula is C18H20N2O4. The number of unbranched alkanes of at least 4 members (excludes halogenated alkanes) is 1. The van der Waals surface area contributed by atoms with Crippen LogP contribution in [0.3, 0.4) is 0 Å². The van der Waals surface area contributed by atoms with Gasteiger partial charge in [-0.15, -0.1) is 5.11 Å². The van der Waals surface area contributed by atoms with Crippen molar-refractivity contribution in [3.05, 3.63) is 59.7 Å². The summed E-state index contributed by atoms with van der Waals surface area (Å²) in [4.78, 5) is 15.9. The second-order valence-electron chi connectivity index (χ2n) is 5.17. The average molecular weight is 328 g/mol. The first-order chi connectivity index (χ1) is 11.7. The van der Waals surface area contributed by atoms with Crippen LogP contribution in [0.15, 0.2) is 58.9 Å². The second-order valence-corrected chi connectivity index (χ2v) is 5.17. The van der Waals surface area contributed by atoms with Crippen LogP contribution in [0.25, 0.3) is 0 Å². The third kappa shape index (κ3) is 5.39. The topological polar surface area (TPSA) is 80.5 Å². The molecule has 0 unspecified atom stereocenters. The van der Waals surface area contributed by atoms with Crippen LogP contribution in [0, 0.1) is 0 Å². The molecule has 0 aliphatic rings. The molecule has 126 valence electrons. The average Bonchev–Trinajstić information content (AvgIpc) is 2.60. The summed E-state index contributed by atoms with van der Waals surface area (Å²) in [7, 11) is 0. The molecule has 6 heteroatoms. The van der Waals surface area contributed by atoms with Crippen LogP contribution in [0.2, 0.25) is 0 Å². The third-order valence-corrected chi connectivity index (χ3v) is 3.36. The number of rotatable bonds is 7. The lowest BCUT2D eigenvalue weighted by Crippen LogP contribution is -2.06. The second kappa shape index (κ2) is 9.29. The molecular weight excluding hydrogens is 308 g/mol. The van der Waals surface area contributed by atoms with Crippen molar-refractivity contribution in [2.75, 3.05) is 0 Å². The highest BCUT2D eigenvalue weighted by Crippen LogP contribution is 2.24. The predicted octanol–water partition coefficient (Wildman–Crippen LogP) is 4.82. The number of hydrogen-bond acceptors (Lipinski definition) is 6. The molecule has 0 aromatic heterocycles. The molecule has 0 atom stereocenters. The van der Waals surface area contributed by atoms with Crippen molar-refractivity contribution in [3.63, 3.8) is 0 Å². The SMILES string of the molecule is CCCCc1cccc(C/N=N/OC(=O)Oc2ccccc2)c1O. The zero-order valence-electron chi connectivity index (χ0n) is 13.5. The maximum atomic E-state index is 11.4. The molecule has 0 radical (unpaired) electrons. The first kappa shape index (κ1) is 17.5. The summed E-state index contributed by atoms with van der Waals surface area (Å²) in [6.07, 6.45) is 1.91. The monoisotopic (exact) mass is 328 g/mol. The van der Waals surface area contributed by atoms with Crippen molar-refractivity contribution in [2.45, 2.75) is 32.7 Å². The van der Waals surface area contributed by atoms with Gasteiger partial charge in [0.1, 0.15) is 11.5 Å². The van der Waals surface area contributed by atoms with E-state index in [1.54, 1.807) is 36.4 Å². The van der Waals surface area contributed by atoms with Crippen molar-refractivity contribution in [1.29, 1.82) is 0 Å². The van der Waals surface area contributed by atoms with E-state index in [2.05, 4.69) is 22.2 Å². The molecule has 1 N–H and O–H groups in total. The molecule has 0 amide bonds. The van der Waals surface area contributed by atoms with Gasteiger partial charge < -0.3 is 9.84 Å². The standard InChI is InChI=1S/C18H20N2O4/c1-2-3-8-14-9-7-10-15(17(14)21)13-19-20-24-18(22)23-16-11-5-4-6-12-16/h4-7,9-12,21H,2-3,8,13H2,1H3/b20-19+. The van der Waals surface area contributed by atoms with Gasteiger partial charge in [0.05, 0.1) is 6.54 Å². The maximum Gasteiger partial charge on any atom is 0.542 e. The van der Waals surface area contributed by atoms with E-state index in [-0.39, 0.29) is 12.3 Å². The van der Waals surface area contributed by atoms with Crippen LogP contribution in [0.4, 0.5) is 4.79 Å². The number of phenols is 1. The molecule has 0 heterocycles. The Morgan fingerprint density at radius 1 is 1.08 bits per heavy atom. The number of ether oxygens (including phenoxy) is 1. The summed E-state index contributed by atoms with van der Waals surface area (Å²) in [6.45, 7) is 2.21. The Kier molecular flexibility index (Phi) is 6.76. The maximum absolute atomic E-state index is 11.4. The molecule has 0 bridgehead atoms. The van der Waals surface area contributed by atoms with Crippen LogP contribution < -0.4 is 4.74 Å². The number of hydrogen-bond donors (Lipinski definition) is 1. The Labute approximate surface area is 140 Å². The molecule has 0 saturated heterocycles. The molecule has 2 aromatic rings. The van der Waals surface area contributed by atoms with Gasteiger partial charge in [0.25, 0.3) is 0 Å². The Bertz CT molecular complexity index is 687. The number of aromatic hydroxyl groups is 1. The summed E-state index contributed by atoms with van der Waals surface area (Å²) < 4.78 is 4.89. The van der Waals surface area contributed by atoms with Gasteiger partial charge in [-0.25, -0.2) is 4.79 Å². The van der Waals surface area contributed by atoms with Crippen LogP contribution in [0.5, 0.6) is 11.5 Å². The van der Waals surface area contributed by atoms with Gasteiger partial charge in [-0.1, -0.05) is 49.7 Å². The molecule has 2 rings (SSSR count). The summed E-state index contributed by atoms with van der Waals surface area (Å²) >= 11 is 0. The molecule has 0 aliphatic carbocycles. The molecule has 6 nitrogen and oxygen atoms in total.